The van der Waals surface area contributed by atoms with E-state index < -0.39 is 5.97 Å². The molecule has 2 rings (SSSR count). The van der Waals surface area contributed by atoms with Gasteiger partial charge >= 0.3 is 5.97 Å². The van der Waals surface area contributed by atoms with E-state index in [-0.39, 0.29) is 4.91 Å². The third-order valence-corrected chi connectivity index (χ3v) is 3.73. The summed E-state index contributed by atoms with van der Waals surface area (Å²) in [5.74, 6) is 0.208. The van der Waals surface area contributed by atoms with E-state index >= 15 is 0 Å². The number of aliphatic carboxylic acids is 1. The fourth-order valence-corrected chi connectivity index (χ4v) is 2.58. The molecular formula is C12H12IN3O3S. The number of aryl methyl sites for hydroxylation is 1. The zero-order chi connectivity index (χ0) is 14.5. The van der Waals surface area contributed by atoms with Gasteiger partial charge in [-0.15, -0.1) is 5.10 Å². The van der Waals surface area contributed by atoms with Crippen LogP contribution in [0.5, 0.6) is 0 Å². The van der Waals surface area contributed by atoms with Crippen molar-refractivity contribution in [2.75, 3.05) is 0 Å². The van der Waals surface area contributed by atoms with E-state index in [9.17, 15) is 9.90 Å². The molecule has 6 nitrogen and oxygen atoms in total. The van der Waals surface area contributed by atoms with Crippen molar-refractivity contribution in [2.45, 2.75) is 24.9 Å². The van der Waals surface area contributed by atoms with Crippen LogP contribution in [0.15, 0.2) is 26.6 Å². The Labute approximate surface area is 133 Å². The second-order valence-electron chi connectivity index (χ2n) is 3.87. The third kappa shape index (κ3) is 4.10. The lowest BCUT2D eigenvalue weighted by molar-refractivity contribution is -0.131. The number of nitrogens with zero attached hydrogens (tertiary/aromatic N) is 2. The first-order valence-electron chi connectivity index (χ1n) is 5.88. The van der Waals surface area contributed by atoms with Crippen LogP contribution in [0.3, 0.4) is 0 Å². The van der Waals surface area contributed by atoms with Gasteiger partial charge in [-0.25, -0.2) is 9.78 Å². The second-order valence-corrected chi connectivity index (χ2v) is 5.94. The first-order chi connectivity index (χ1) is 9.58. The minimum Gasteiger partial charge on any atom is -0.477 e. The van der Waals surface area contributed by atoms with Gasteiger partial charge in [0.25, 0.3) is 0 Å². The van der Waals surface area contributed by atoms with Gasteiger partial charge in [-0.2, -0.15) is 0 Å². The maximum Gasteiger partial charge on any atom is 0.342 e. The number of furan rings is 1. The number of halogens is 1. The molecule has 0 saturated carbocycles. The molecule has 2 aromatic heterocycles. The molecule has 0 amide bonds. The van der Waals surface area contributed by atoms with Gasteiger partial charge in [-0.3, -0.25) is 5.10 Å². The largest absolute Gasteiger partial charge is 0.477 e. The Morgan fingerprint density at radius 2 is 2.40 bits per heavy atom. The lowest BCUT2D eigenvalue weighted by Crippen LogP contribution is -1.97. The number of carboxylic acid groups (broad SMARTS) is 1. The van der Waals surface area contributed by atoms with E-state index in [1.165, 1.54) is 6.08 Å². The summed E-state index contributed by atoms with van der Waals surface area (Å²) >= 11 is 3.01. The Hall–Kier alpha value is -1.29. The average Bonchev–Trinajstić information content (AvgIpc) is 2.99. The van der Waals surface area contributed by atoms with E-state index in [1.54, 1.807) is 12.1 Å². The molecule has 0 unspecified atom stereocenters. The smallest absolute Gasteiger partial charge is 0.342 e. The van der Waals surface area contributed by atoms with Crippen LogP contribution < -0.4 is 0 Å². The molecule has 0 aliphatic rings. The number of carbonyl (C=O) groups is 1. The van der Waals surface area contributed by atoms with Crippen molar-refractivity contribution in [3.63, 3.8) is 0 Å². The molecule has 0 fully saturated rings. The molecule has 2 N–H and O–H groups in total. The molecule has 0 spiro atoms. The molecule has 0 saturated heterocycles. The van der Waals surface area contributed by atoms with Crippen LogP contribution in [0.1, 0.15) is 24.9 Å². The molecule has 0 aliphatic carbocycles. The highest BCUT2D eigenvalue weighted by Crippen LogP contribution is 2.26. The maximum atomic E-state index is 11.2. The van der Waals surface area contributed by atoms with E-state index in [2.05, 4.69) is 15.2 Å². The Balaban J connectivity index is 2.16. The maximum absolute atomic E-state index is 11.2. The van der Waals surface area contributed by atoms with E-state index in [1.807, 2.05) is 29.5 Å². The van der Waals surface area contributed by atoms with Gasteiger partial charge in [-0.1, -0.05) is 6.92 Å². The normalized spacial score (nSPS) is 11.8. The molecular weight excluding hydrogens is 393 g/mol. The van der Waals surface area contributed by atoms with Crippen LogP contribution in [0, 0.1) is 3.77 Å². The number of H-pyrrole nitrogens is 1. The van der Waals surface area contributed by atoms with Crippen molar-refractivity contribution in [1.82, 2.24) is 15.2 Å². The highest BCUT2D eigenvalue weighted by molar-refractivity contribution is 14.1. The van der Waals surface area contributed by atoms with Crippen molar-refractivity contribution in [3.05, 3.63) is 32.4 Å². The fraction of sp³-hybridized carbons (Fsp3) is 0.250. The average molecular weight is 405 g/mol. The summed E-state index contributed by atoms with van der Waals surface area (Å²) in [6, 6.07) is 3.48. The van der Waals surface area contributed by atoms with Gasteiger partial charge in [-0.05, 0) is 52.9 Å². The molecule has 0 aliphatic heterocycles. The van der Waals surface area contributed by atoms with Crippen LogP contribution in [-0.4, -0.2) is 26.3 Å². The molecule has 0 radical (unpaired) electrons. The lowest BCUT2D eigenvalue weighted by atomic mass is 10.3. The highest BCUT2D eigenvalue weighted by Gasteiger charge is 2.14. The summed E-state index contributed by atoms with van der Waals surface area (Å²) < 4.78 is 6.03. The lowest BCUT2D eigenvalue weighted by Gasteiger charge is -1.97. The second kappa shape index (κ2) is 6.93. The summed E-state index contributed by atoms with van der Waals surface area (Å²) in [7, 11) is 0. The molecule has 0 atom stereocenters. The van der Waals surface area contributed by atoms with Gasteiger partial charge < -0.3 is 9.52 Å². The van der Waals surface area contributed by atoms with Crippen LogP contribution in [0.25, 0.3) is 6.08 Å². The monoisotopic (exact) mass is 405 g/mol. The summed E-state index contributed by atoms with van der Waals surface area (Å²) in [5, 5.41) is 16.4. The topological polar surface area (TPSA) is 92.0 Å². The zero-order valence-electron chi connectivity index (χ0n) is 10.6. The molecule has 0 bridgehead atoms. The van der Waals surface area contributed by atoms with E-state index in [0.717, 1.165) is 30.4 Å². The standard InChI is InChI=1S/C12H12IN3O3S/c1-2-3-10-14-12(16-15-10)20-8(11(17)18)6-7-4-5-9(13)19-7/h4-6H,2-3H2,1H3,(H,17,18)(H,14,15,16)/b8-6-. The fourth-order valence-electron chi connectivity index (χ4n) is 1.44. The quantitative estimate of drug-likeness (QED) is 0.436. The van der Waals surface area contributed by atoms with Crippen molar-refractivity contribution in [3.8, 4) is 0 Å². The van der Waals surface area contributed by atoms with Crippen LogP contribution in [0.4, 0.5) is 0 Å². The number of aromatic amines is 1. The summed E-state index contributed by atoms with van der Waals surface area (Å²) in [6.45, 7) is 2.04. The van der Waals surface area contributed by atoms with Gasteiger partial charge in [0, 0.05) is 12.5 Å². The van der Waals surface area contributed by atoms with Crippen molar-refractivity contribution in [1.29, 1.82) is 0 Å². The van der Waals surface area contributed by atoms with Crippen molar-refractivity contribution < 1.29 is 14.3 Å². The molecule has 0 aromatic carbocycles. The SMILES string of the molecule is CCCc1nc(S/C(=C\c2ccc(I)o2)C(=O)O)n[nH]1. The van der Waals surface area contributed by atoms with Gasteiger partial charge in [0.2, 0.25) is 5.16 Å². The van der Waals surface area contributed by atoms with E-state index in [0.29, 0.717) is 14.7 Å². The summed E-state index contributed by atoms with van der Waals surface area (Å²) in [4.78, 5) is 15.6. The third-order valence-electron chi connectivity index (χ3n) is 2.28. The van der Waals surface area contributed by atoms with Gasteiger partial charge in [0.1, 0.15) is 16.5 Å². The predicted molar refractivity (Wildman–Crippen MR) is 83.3 cm³/mol. The Bertz CT molecular complexity index is 635. The molecule has 106 valence electrons. The summed E-state index contributed by atoms with van der Waals surface area (Å²) in [6.07, 6.45) is 3.20. The number of hydrogen-bond donors (Lipinski definition) is 2. The van der Waals surface area contributed by atoms with E-state index in [4.69, 9.17) is 4.42 Å². The summed E-state index contributed by atoms with van der Waals surface area (Å²) in [5.41, 5.74) is 0. The first kappa shape index (κ1) is 15.1. The Morgan fingerprint density at radius 3 is 3.00 bits per heavy atom. The number of rotatable bonds is 6. The molecule has 2 heterocycles. The zero-order valence-corrected chi connectivity index (χ0v) is 13.6. The minimum atomic E-state index is -1.04. The van der Waals surface area contributed by atoms with Gasteiger partial charge in [0.05, 0.1) is 0 Å². The number of thioether (sulfide) groups is 1. The molecule has 20 heavy (non-hydrogen) atoms. The van der Waals surface area contributed by atoms with Crippen LogP contribution in [0.2, 0.25) is 0 Å². The van der Waals surface area contributed by atoms with Crippen molar-refractivity contribution >= 4 is 46.4 Å². The molecule has 8 heteroatoms. The number of aromatic nitrogens is 3. The Morgan fingerprint density at radius 1 is 1.60 bits per heavy atom. The van der Waals surface area contributed by atoms with Crippen LogP contribution in [-0.2, 0) is 11.2 Å². The number of hydrogen-bond acceptors (Lipinski definition) is 5. The van der Waals surface area contributed by atoms with Gasteiger partial charge in [0.15, 0.2) is 3.77 Å². The predicted octanol–water partition coefficient (Wildman–Crippen LogP) is 3.17. The number of carboxylic acids is 1. The minimum absolute atomic E-state index is 0.109. The van der Waals surface area contributed by atoms with Crippen LogP contribution >= 0.6 is 34.4 Å². The molecule has 2 aromatic rings. The van der Waals surface area contributed by atoms with Crippen molar-refractivity contribution in [2.24, 2.45) is 0 Å². The number of nitrogens with one attached hydrogen (secondary N) is 1. The highest BCUT2D eigenvalue weighted by atomic mass is 127. The Kier molecular flexibility index (Phi) is 5.24. The first-order valence-corrected chi connectivity index (χ1v) is 7.77.